The third kappa shape index (κ3) is 2.45. The summed E-state index contributed by atoms with van der Waals surface area (Å²) in [4.78, 5) is 15.5. The van der Waals surface area contributed by atoms with Crippen LogP contribution in [-0.4, -0.2) is 16.9 Å². The van der Waals surface area contributed by atoms with Crippen molar-refractivity contribution in [1.29, 1.82) is 0 Å². The van der Waals surface area contributed by atoms with E-state index in [2.05, 4.69) is 28.5 Å². The summed E-state index contributed by atoms with van der Waals surface area (Å²) in [6.45, 7) is 0. The number of rotatable bonds is 4. The lowest BCUT2D eigenvalue weighted by Gasteiger charge is -2.22. The zero-order valence-electron chi connectivity index (χ0n) is 12.3. The highest BCUT2D eigenvalue weighted by molar-refractivity contribution is 5.84. The number of nitrogens with one attached hydrogen (secondary N) is 2. The van der Waals surface area contributed by atoms with E-state index in [9.17, 15) is 4.79 Å². The van der Waals surface area contributed by atoms with Crippen LogP contribution < -0.4 is 5.32 Å². The maximum atomic E-state index is 12.2. The number of para-hydroxylation sites is 1. The lowest BCUT2D eigenvalue weighted by molar-refractivity contribution is -0.122. The van der Waals surface area contributed by atoms with Crippen LogP contribution in [0.15, 0.2) is 30.5 Å². The molecule has 2 aliphatic rings. The Bertz CT molecular complexity index is 660. The Labute approximate surface area is 125 Å². The summed E-state index contributed by atoms with van der Waals surface area (Å²) in [5.41, 5.74) is 2.40. The van der Waals surface area contributed by atoms with Gasteiger partial charge < -0.3 is 10.3 Å². The average Bonchev–Trinajstić information content (AvgIpc) is 3.20. The number of benzene rings is 1. The van der Waals surface area contributed by atoms with E-state index in [1.54, 1.807) is 0 Å². The molecule has 3 heteroatoms. The van der Waals surface area contributed by atoms with Crippen LogP contribution in [0.3, 0.4) is 0 Å². The Morgan fingerprint density at radius 3 is 2.95 bits per heavy atom. The lowest BCUT2D eigenvalue weighted by Crippen LogP contribution is -2.38. The smallest absolute Gasteiger partial charge is 0.220 e. The summed E-state index contributed by atoms with van der Waals surface area (Å²) < 4.78 is 0. The molecule has 3 nitrogen and oxygen atoms in total. The molecule has 2 fully saturated rings. The van der Waals surface area contributed by atoms with Crippen LogP contribution in [0.25, 0.3) is 10.9 Å². The number of carbonyl (C=O) groups is 1. The molecule has 3 unspecified atom stereocenters. The molecular formula is C18H22N2O. The van der Waals surface area contributed by atoms with E-state index in [1.807, 2.05) is 12.3 Å². The van der Waals surface area contributed by atoms with Gasteiger partial charge in [-0.15, -0.1) is 0 Å². The Balaban J connectivity index is 1.35. The number of aromatic nitrogens is 1. The van der Waals surface area contributed by atoms with Crippen molar-refractivity contribution < 1.29 is 4.79 Å². The summed E-state index contributed by atoms with van der Waals surface area (Å²) in [6.07, 6.45) is 8.70. The van der Waals surface area contributed by atoms with Crippen molar-refractivity contribution in [3.8, 4) is 0 Å². The number of fused-ring (bicyclic) bond motifs is 3. The number of hydrogen-bond acceptors (Lipinski definition) is 1. The van der Waals surface area contributed by atoms with E-state index in [-0.39, 0.29) is 5.91 Å². The van der Waals surface area contributed by atoms with E-state index in [0.29, 0.717) is 12.5 Å². The molecule has 1 aromatic heterocycles. The molecule has 21 heavy (non-hydrogen) atoms. The molecule has 2 aromatic rings. The first-order chi connectivity index (χ1) is 10.3. The van der Waals surface area contributed by atoms with Gasteiger partial charge in [-0.05, 0) is 49.1 Å². The van der Waals surface area contributed by atoms with Gasteiger partial charge in [0.15, 0.2) is 0 Å². The van der Waals surface area contributed by atoms with Gasteiger partial charge in [0.25, 0.3) is 0 Å². The molecule has 1 amide bonds. The lowest BCUT2D eigenvalue weighted by atomic mass is 9.95. The van der Waals surface area contributed by atoms with Gasteiger partial charge in [0.1, 0.15) is 0 Å². The van der Waals surface area contributed by atoms with Crippen molar-refractivity contribution in [2.24, 2.45) is 11.8 Å². The van der Waals surface area contributed by atoms with Crippen LogP contribution in [0, 0.1) is 11.8 Å². The molecule has 1 heterocycles. The third-order valence-corrected chi connectivity index (χ3v) is 5.38. The predicted octanol–water partition coefficient (Wildman–Crippen LogP) is 3.41. The van der Waals surface area contributed by atoms with Gasteiger partial charge in [0, 0.05) is 29.6 Å². The SMILES string of the molecule is O=C(CCc1c[nH]c2ccccc12)NC1CC2CCC1C2. The van der Waals surface area contributed by atoms with Crippen LogP contribution in [0.1, 0.15) is 37.7 Å². The third-order valence-electron chi connectivity index (χ3n) is 5.38. The number of aryl methyl sites for hydroxylation is 1. The maximum Gasteiger partial charge on any atom is 0.220 e. The Morgan fingerprint density at radius 2 is 2.14 bits per heavy atom. The predicted molar refractivity (Wildman–Crippen MR) is 84.0 cm³/mol. The van der Waals surface area contributed by atoms with Crippen LogP contribution in [0.4, 0.5) is 0 Å². The summed E-state index contributed by atoms with van der Waals surface area (Å²) >= 11 is 0. The van der Waals surface area contributed by atoms with Gasteiger partial charge in [-0.3, -0.25) is 4.79 Å². The number of carbonyl (C=O) groups excluding carboxylic acids is 1. The fourth-order valence-corrected chi connectivity index (χ4v) is 4.29. The van der Waals surface area contributed by atoms with E-state index >= 15 is 0 Å². The topological polar surface area (TPSA) is 44.9 Å². The van der Waals surface area contributed by atoms with Crippen LogP contribution in [-0.2, 0) is 11.2 Å². The van der Waals surface area contributed by atoms with E-state index in [4.69, 9.17) is 0 Å². The highest BCUT2D eigenvalue weighted by Crippen LogP contribution is 2.44. The van der Waals surface area contributed by atoms with E-state index in [0.717, 1.165) is 23.8 Å². The highest BCUT2D eigenvalue weighted by atomic mass is 16.1. The molecule has 0 aliphatic heterocycles. The molecule has 2 bridgehead atoms. The molecular weight excluding hydrogens is 260 g/mol. The standard InChI is InChI=1S/C18H22N2O/c21-18(20-17-10-12-5-6-13(17)9-12)8-7-14-11-19-16-4-2-1-3-15(14)16/h1-4,11-13,17,19H,5-10H2,(H,20,21). The molecule has 110 valence electrons. The minimum absolute atomic E-state index is 0.220. The molecule has 1 aromatic carbocycles. The van der Waals surface area contributed by atoms with Crippen molar-refractivity contribution in [2.45, 2.75) is 44.6 Å². The fourth-order valence-electron chi connectivity index (χ4n) is 4.29. The van der Waals surface area contributed by atoms with Gasteiger partial charge in [0.2, 0.25) is 5.91 Å². The molecule has 3 atom stereocenters. The number of H-pyrrole nitrogens is 1. The van der Waals surface area contributed by atoms with Gasteiger partial charge >= 0.3 is 0 Å². The zero-order valence-corrected chi connectivity index (χ0v) is 12.3. The molecule has 2 N–H and O–H groups in total. The average molecular weight is 282 g/mol. The van der Waals surface area contributed by atoms with Crippen molar-refractivity contribution >= 4 is 16.8 Å². The first kappa shape index (κ1) is 12.9. The first-order valence-corrected chi connectivity index (χ1v) is 8.14. The summed E-state index contributed by atoms with van der Waals surface area (Å²) in [6, 6.07) is 8.74. The van der Waals surface area contributed by atoms with Crippen molar-refractivity contribution in [1.82, 2.24) is 10.3 Å². The van der Waals surface area contributed by atoms with Gasteiger partial charge in [-0.2, -0.15) is 0 Å². The fraction of sp³-hybridized carbons (Fsp3) is 0.500. The quantitative estimate of drug-likeness (QED) is 0.887. The minimum atomic E-state index is 0.220. The van der Waals surface area contributed by atoms with Crippen LogP contribution in [0.5, 0.6) is 0 Å². The van der Waals surface area contributed by atoms with Gasteiger partial charge in [0.05, 0.1) is 0 Å². The molecule has 0 spiro atoms. The molecule has 0 saturated heterocycles. The largest absolute Gasteiger partial charge is 0.361 e. The van der Waals surface area contributed by atoms with E-state index in [1.165, 1.54) is 36.6 Å². The molecule has 0 radical (unpaired) electrons. The second-order valence-corrected chi connectivity index (χ2v) is 6.71. The Kier molecular flexibility index (Phi) is 3.21. The monoisotopic (exact) mass is 282 g/mol. The summed E-state index contributed by atoms with van der Waals surface area (Å²) in [7, 11) is 0. The number of amides is 1. The second kappa shape index (κ2) is 5.21. The normalized spacial score (nSPS) is 27.3. The maximum absolute atomic E-state index is 12.2. The number of hydrogen-bond donors (Lipinski definition) is 2. The highest BCUT2D eigenvalue weighted by Gasteiger charge is 2.39. The van der Waals surface area contributed by atoms with Crippen molar-refractivity contribution in [3.63, 3.8) is 0 Å². The Morgan fingerprint density at radius 1 is 1.24 bits per heavy atom. The summed E-state index contributed by atoms with van der Waals surface area (Å²) in [5.74, 6) is 1.86. The van der Waals surface area contributed by atoms with Crippen LogP contribution in [0.2, 0.25) is 0 Å². The van der Waals surface area contributed by atoms with Crippen molar-refractivity contribution in [2.75, 3.05) is 0 Å². The van der Waals surface area contributed by atoms with Crippen molar-refractivity contribution in [3.05, 3.63) is 36.0 Å². The minimum Gasteiger partial charge on any atom is -0.361 e. The van der Waals surface area contributed by atoms with Gasteiger partial charge in [-0.1, -0.05) is 24.6 Å². The summed E-state index contributed by atoms with van der Waals surface area (Å²) in [5, 5.41) is 4.51. The molecule has 2 aliphatic carbocycles. The zero-order chi connectivity index (χ0) is 14.2. The van der Waals surface area contributed by atoms with Gasteiger partial charge in [-0.25, -0.2) is 0 Å². The van der Waals surface area contributed by atoms with Crippen LogP contribution >= 0.6 is 0 Å². The second-order valence-electron chi connectivity index (χ2n) is 6.71. The first-order valence-electron chi connectivity index (χ1n) is 8.14. The Hall–Kier alpha value is -1.77. The molecule has 4 rings (SSSR count). The number of aromatic amines is 1. The molecule has 2 saturated carbocycles. The van der Waals surface area contributed by atoms with E-state index < -0.39 is 0 Å².